The van der Waals surface area contributed by atoms with E-state index in [4.69, 9.17) is 4.74 Å². The highest BCUT2D eigenvalue weighted by atomic mass is 79.9. The van der Waals surface area contributed by atoms with Crippen molar-refractivity contribution < 1.29 is 13.9 Å². The summed E-state index contributed by atoms with van der Waals surface area (Å²) < 4.78 is 19.2. The van der Waals surface area contributed by atoms with Gasteiger partial charge in [0, 0.05) is 16.3 Å². The molecular weight excluding hydrogens is 319 g/mol. The fourth-order valence-electron chi connectivity index (χ4n) is 1.55. The summed E-state index contributed by atoms with van der Waals surface area (Å²) in [6, 6.07) is 6.33. The summed E-state index contributed by atoms with van der Waals surface area (Å²) in [6.07, 6.45) is 0.188. The molecule has 18 heavy (non-hydrogen) atoms. The molecule has 2 aromatic rings. The lowest BCUT2D eigenvalue weighted by Crippen LogP contribution is -2.02. The number of thiophene rings is 1. The van der Waals surface area contributed by atoms with Crippen molar-refractivity contribution in [1.82, 2.24) is 0 Å². The molecule has 0 aliphatic heterocycles. The second-order valence-electron chi connectivity index (χ2n) is 3.70. The van der Waals surface area contributed by atoms with Gasteiger partial charge in [0.05, 0.1) is 12.0 Å². The molecule has 0 atom stereocenters. The standard InChI is InChI=1S/C13H10BrFO2S/c1-17-12-3-2-8(4-10(12)15)5-11(16)13-6-9(14)7-18-13/h2-4,6-7H,5H2,1H3. The third-order valence-electron chi connectivity index (χ3n) is 2.42. The molecule has 0 fully saturated rings. The molecule has 2 nitrogen and oxygen atoms in total. The van der Waals surface area contributed by atoms with Gasteiger partial charge in [0.2, 0.25) is 0 Å². The van der Waals surface area contributed by atoms with Gasteiger partial charge < -0.3 is 4.74 Å². The van der Waals surface area contributed by atoms with Crippen molar-refractivity contribution in [3.63, 3.8) is 0 Å². The van der Waals surface area contributed by atoms with E-state index in [9.17, 15) is 9.18 Å². The molecule has 0 amide bonds. The number of hydrogen-bond acceptors (Lipinski definition) is 3. The topological polar surface area (TPSA) is 26.3 Å². The first-order valence-corrected chi connectivity index (χ1v) is 6.87. The van der Waals surface area contributed by atoms with Gasteiger partial charge in [-0.05, 0) is 39.7 Å². The molecule has 0 saturated heterocycles. The molecule has 1 aromatic carbocycles. The van der Waals surface area contributed by atoms with Crippen molar-refractivity contribution in [3.05, 3.63) is 50.4 Å². The number of Topliss-reactive ketones (excluding diaryl/α,β-unsaturated/α-hetero) is 1. The average Bonchev–Trinajstić information content (AvgIpc) is 2.76. The largest absolute Gasteiger partial charge is 0.494 e. The van der Waals surface area contributed by atoms with Crippen LogP contribution in [0.4, 0.5) is 4.39 Å². The van der Waals surface area contributed by atoms with Gasteiger partial charge in [-0.1, -0.05) is 6.07 Å². The Kier molecular flexibility index (Phi) is 4.14. The van der Waals surface area contributed by atoms with E-state index in [2.05, 4.69) is 15.9 Å². The minimum atomic E-state index is -0.449. The van der Waals surface area contributed by atoms with Crippen LogP contribution in [0.25, 0.3) is 0 Å². The molecule has 0 bridgehead atoms. The number of hydrogen-bond donors (Lipinski definition) is 0. The molecule has 0 unspecified atom stereocenters. The number of benzene rings is 1. The van der Waals surface area contributed by atoms with Gasteiger partial charge in [0.25, 0.3) is 0 Å². The average molecular weight is 329 g/mol. The van der Waals surface area contributed by atoms with Crippen LogP contribution < -0.4 is 4.74 Å². The highest BCUT2D eigenvalue weighted by Gasteiger charge is 2.11. The van der Waals surface area contributed by atoms with Crippen LogP contribution in [0.3, 0.4) is 0 Å². The maximum atomic E-state index is 13.5. The zero-order valence-corrected chi connectivity index (χ0v) is 12.0. The normalized spacial score (nSPS) is 10.4. The number of halogens is 2. The molecule has 1 aromatic heterocycles. The fraction of sp³-hybridized carbons (Fsp3) is 0.154. The Hall–Kier alpha value is -1.20. The van der Waals surface area contributed by atoms with E-state index in [0.717, 1.165) is 4.47 Å². The molecule has 5 heteroatoms. The molecule has 0 N–H and O–H groups in total. The molecule has 0 aliphatic carbocycles. The summed E-state index contributed by atoms with van der Waals surface area (Å²) in [6.45, 7) is 0. The first kappa shape index (κ1) is 13.2. The van der Waals surface area contributed by atoms with E-state index in [1.165, 1.54) is 30.6 Å². The van der Waals surface area contributed by atoms with Gasteiger partial charge in [0.15, 0.2) is 17.3 Å². The van der Waals surface area contributed by atoms with Crippen LogP contribution in [0.1, 0.15) is 15.2 Å². The predicted molar refractivity (Wildman–Crippen MR) is 73.0 cm³/mol. The van der Waals surface area contributed by atoms with Crippen molar-refractivity contribution in [2.45, 2.75) is 6.42 Å². The lowest BCUT2D eigenvalue weighted by Gasteiger charge is -2.04. The summed E-state index contributed by atoms with van der Waals surface area (Å²) in [5.74, 6) is -0.282. The highest BCUT2D eigenvalue weighted by Crippen LogP contribution is 2.23. The third-order valence-corrected chi connectivity index (χ3v) is 4.16. The zero-order valence-electron chi connectivity index (χ0n) is 9.57. The van der Waals surface area contributed by atoms with Gasteiger partial charge in [0.1, 0.15) is 0 Å². The molecule has 0 saturated carbocycles. The Labute approximate surface area is 117 Å². The van der Waals surface area contributed by atoms with Crippen molar-refractivity contribution in [2.75, 3.05) is 7.11 Å². The SMILES string of the molecule is COc1ccc(CC(=O)c2cc(Br)cs2)cc1F. The summed E-state index contributed by atoms with van der Waals surface area (Å²) >= 11 is 4.67. The molecular formula is C13H10BrFO2S. The van der Waals surface area contributed by atoms with Gasteiger partial charge >= 0.3 is 0 Å². The van der Waals surface area contributed by atoms with Crippen LogP contribution in [0.5, 0.6) is 5.75 Å². The Morgan fingerprint density at radius 1 is 1.44 bits per heavy atom. The fourth-order valence-corrected chi connectivity index (χ4v) is 2.92. The van der Waals surface area contributed by atoms with Crippen LogP contribution in [0.2, 0.25) is 0 Å². The van der Waals surface area contributed by atoms with Crippen molar-refractivity contribution >= 4 is 33.0 Å². The van der Waals surface area contributed by atoms with E-state index in [-0.39, 0.29) is 18.0 Å². The second kappa shape index (κ2) is 5.63. The van der Waals surface area contributed by atoms with Crippen molar-refractivity contribution in [2.24, 2.45) is 0 Å². The predicted octanol–water partition coefficient (Wildman–Crippen LogP) is 4.08. The van der Waals surface area contributed by atoms with Gasteiger partial charge in [-0.25, -0.2) is 4.39 Å². The van der Waals surface area contributed by atoms with Crippen LogP contribution in [0.15, 0.2) is 34.1 Å². The lowest BCUT2D eigenvalue weighted by molar-refractivity contribution is 0.0996. The zero-order chi connectivity index (χ0) is 13.1. The molecule has 94 valence electrons. The maximum absolute atomic E-state index is 13.5. The molecule has 1 heterocycles. The Morgan fingerprint density at radius 2 is 2.22 bits per heavy atom. The first-order valence-electron chi connectivity index (χ1n) is 5.20. The monoisotopic (exact) mass is 328 g/mol. The van der Waals surface area contributed by atoms with Crippen LogP contribution in [-0.2, 0) is 6.42 Å². The summed E-state index contributed by atoms with van der Waals surface area (Å²) in [5.41, 5.74) is 0.642. The summed E-state index contributed by atoms with van der Waals surface area (Å²) in [4.78, 5) is 12.6. The number of ketones is 1. The van der Waals surface area contributed by atoms with Crippen LogP contribution >= 0.6 is 27.3 Å². The minimum absolute atomic E-state index is 0.0183. The molecule has 2 rings (SSSR count). The van der Waals surface area contributed by atoms with Gasteiger partial charge in [-0.15, -0.1) is 11.3 Å². The maximum Gasteiger partial charge on any atom is 0.177 e. The van der Waals surface area contributed by atoms with E-state index in [1.807, 2.05) is 5.38 Å². The first-order chi connectivity index (χ1) is 8.60. The van der Waals surface area contributed by atoms with E-state index in [1.54, 1.807) is 12.1 Å². The highest BCUT2D eigenvalue weighted by molar-refractivity contribution is 9.10. The number of methoxy groups -OCH3 is 1. The lowest BCUT2D eigenvalue weighted by atomic mass is 10.1. The van der Waals surface area contributed by atoms with E-state index in [0.29, 0.717) is 10.4 Å². The Bertz CT molecular complexity index is 580. The van der Waals surface area contributed by atoms with E-state index < -0.39 is 5.82 Å². The van der Waals surface area contributed by atoms with Gasteiger partial charge in [-0.3, -0.25) is 4.79 Å². The molecule has 0 radical (unpaired) electrons. The van der Waals surface area contributed by atoms with E-state index >= 15 is 0 Å². The summed E-state index contributed by atoms with van der Waals surface area (Å²) in [5, 5.41) is 1.85. The molecule has 0 aliphatic rings. The van der Waals surface area contributed by atoms with Crippen LogP contribution in [-0.4, -0.2) is 12.9 Å². The number of ether oxygens (including phenoxy) is 1. The second-order valence-corrected chi connectivity index (χ2v) is 5.52. The smallest absolute Gasteiger partial charge is 0.177 e. The number of carbonyl (C=O) groups excluding carboxylic acids is 1. The number of carbonyl (C=O) groups is 1. The minimum Gasteiger partial charge on any atom is -0.494 e. The summed E-state index contributed by atoms with van der Waals surface area (Å²) in [7, 11) is 1.41. The van der Waals surface area contributed by atoms with Crippen molar-refractivity contribution in [3.8, 4) is 5.75 Å². The van der Waals surface area contributed by atoms with Crippen molar-refractivity contribution in [1.29, 1.82) is 0 Å². The Morgan fingerprint density at radius 3 is 2.78 bits per heavy atom. The third kappa shape index (κ3) is 2.97. The number of rotatable bonds is 4. The Balaban J connectivity index is 2.14. The van der Waals surface area contributed by atoms with Gasteiger partial charge in [-0.2, -0.15) is 0 Å². The van der Waals surface area contributed by atoms with Crippen LogP contribution in [0, 0.1) is 5.82 Å². The quantitative estimate of drug-likeness (QED) is 0.790. The molecule has 0 spiro atoms.